The van der Waals surface area contributed by atoms with Crippen molar-refractivity contribution in [3.05, 3.63) is 50.6 Å². The van der Waals surface area contributed by atoms with Crippen molar-refractivity contribution in [3.63, 3.8) is 0 Å². The van der Waals surface area contributed by atoms with Gasteiger partial charge in [0, 0.05) is 10.4 Å². The summed E-state index contributed by atoms with van der Waals surface area (Å²) in [6, 6.07) is 12.5. The third kappa shape index (κ3) is 4.25. The second kappa shape index (κ2) is 8.34. The van der Waals surface area contributed by atoms with E-state index in [1.807, 2.05) is 25.1 Å². The van der Waals surface area contributed by atoms with Crippen molar-refractivity contribution < 1.29 is 14.6 Å². The lowest BCUT2D eigenvalue weighted by Gasteiger charge is -2.37. The zero-order chi connectivity index (χ0) is 17.8. The highest BCUT2D eigenvalue weighted by Gasteiger charge is 2.32. The van der Waals surface area contributed by atoms with Crippen LogP contribution < -0.4 is 4.74 Å². The number of para-hydroxylation sites is 1. The Labute approximate surface area is 160 Å². The van der Waals surface area contributed by atoms with Crippen LogP contribution in [0.5, 0.6) is 5.75 Å². The number of carbonyl (C=O) groups is 1. The van der Waals surface area contributed by atoms with E-state index < -0.39 is 5.97 Å². The maximum absolute atomic E-state index is 11.3. The Balaban J connectivity index is 1.93. The van der Waals surface area contributed by atoms with Crippen LogP contribution in [0.15, 0.2) is 40.2 Å². The number of nitrogens with zero attached hydrogens (tertiary/aromatic N) is 1. The first kappa shape index (κ1) is 18.4. The molecule has 134 valence electrons. The van der Waals surface area contributed by atoms with Crippen LogP contribution in [0.4, 0.5) is 0 Å². The molecule has 1 aliphatic rings. The van der Waals surface area contributed by atoms with Crippen LogP contribution in [0.1, 0.15) is 36.2 Å². The maximum Gasteiger partial charge on any atom is 0.306 e. The first-order chi connectivity index (χ1) is 12.1. The summed E-state index contributed by atoms with van der Waals surface area (Å²) < 4.78 is 6.97. The summed E-state index contributed by atoms with van der Waals surface area (Å²) >= 11 is 5.29. The maximum atomic E-state index is 11.3. The lowest BCUT2D eigenvalue weighted by atomic mass is 9.93. The van der Waals surface area contributed by atoms with Gasteiger partial charge in [0.05, 0.1) is 22.4 Å². The zero-order valence-corrected chi connectivity index (χ0v) is 16.6. The summed E-state index contributed by atoms with van der Waals surface area (Å²) in [5.74, 6) is -0.00114. The minimum Gasteiger partial charge on any atom is -0.494 e. The molecule has 0 spiro atoms. The number of ether oxygens (including phenoxy) is 1. The van der Waals surface area contributed by atoms with E-state index in [1.54, 1.807) is 11.3 Å². The Bertz CT molecular complexity index is 725. The molecule has 0 radical (unpaired) electrons. The molecule has 3 rings (SSSR count). The van der Waals surface area contributed by atoms with Gasteiger partial charge in [-0.05, 0) is 67.0 Å². The van der Waals surface area contributed by atoms with E-state index in [9.17, 15) is 9.90 Å². The van der Waals surface area contributed by atoms with Gasteiger partial charge in [-0.15, -0.1) is 11.3 Å². The number of rotatable bonds is 6. The monoisotopic (exact) mass is 423 g/mol. The first-order valence-electron chi connectivity index (χ1n) is 8.54. The molecule has 1 atom stereocenters. The van der Waals surface area contributed by atoms with E-state index in [0.717, 1.165) is 28.2 Å². The topological polar surface area (TPSA) is 49.8 Å². The van der Waals surface area contributed by atoms with Gasteiger partial charge in [0.25, 0.3) is 0 Å². The number of hydrogen-bond donors (Lipinski definition) is 1. The van der Waals surface area contributed by atoms with E-state index in [2.05, 4.69) is 39.0 Å². The molecule has 0 amide bonds. The van der Waals surface area contributed by atoms with Gasteiger partial charge in [-0.1, -0.05) is 18.2 Å². The van der Waals surface area contributed by atoms with Gasteiger partial charge in [0.1, 0.15) is 5.75 Å². The smallest absolute Gasteiger partial charge is 0.306 e. The van der Waals surface area contributed by atoms with Crippen LogP contribution >= 0.6 is 27.3 Å². The molecule has 2 heterocycles. The summed E-state index contributed by atoms with van der Waals surface area (Å²) in [7, 11) is 0. The highest BCUT2D eigenvalue weighted by molar-refractivity contribution is 9.11. The molecule has 1 aromatic heterocycles. The minimum absolute atomic E-state index is 0.0915. The number of benzene rings is 1. The Morgan fingerprint density at radius 1 is 1.32 bits per heavy atom. The highest BCUT2D eigenvalue weighted by atomic mass is 79.9. The molecule has 1 saturated heterocycles. The average Bonchev–Trinajstić information content (AvgIpc) is 3.03. The van der Waals surface area contributed by atoms with E-state index in [1.165, 1.54) is 4.88 Å². The number of carboxylic acid groups (broad SMARTS) is 1. The fourth-order valence-corrected chi connectivity index (χ4v) is 4.98. The van der Waals surface area contributed by atoms with Gasteiger partial charge in [-0.2, -0.15) is 0 Å². The van der Waals surface area contributed by atoms with Crippen LogP contribution in [0.25, 0.3) is 0 Å². The second-order valence-corrected chi connectivity index (χ2v) is 8.66. The fraction of sp³-hybridized carbons (Fsp3) is 0.421. The summed E-state index contributed by atoms with van der Waals surface area (Å²) in [5.41, 5.74) is 1.15. The van der Waals surface area contributed by atoms with Crippen LogP contribution in [0, 0.1) is 5.92 Å². The Hall–Kier alpha value is -1.37. The molecule has 1 aliphatic heterocycles. The molecule has 4 nitrogen and oxygen atoms in total. The molecule has 1 fully saturated rings. The van der Waals surface area contributed by atoms with Crippen LogP contribution in [-0.4, -0.2) is 35.7 Å². The molecule has 0 saturated carbocycles. The van der Waals surface area contributed by atoms with Gasteiger partial charge in [0.2, 0.25) is 0 Å². The van der Waals surface area contributed by atoms with E-state index in [4.69, 9.17) is 4.74 Å². The number of aliphatic carboxylic acids is 1. The van der Waals surface area contributed by atoms with Crippen molar-refractivity contribution >= 4 is 33.2 Å². The van der Waals surface area contributed by atoms with E-state index in [-0.39, 0.29) is 12.0 Å². The zero-order valence-electron chi connectivity index (χ0n) is 14.2. The third-order valence-corrected chi connectivity index (χ3v) is 6.30. The molecule has 2 aromatic rings. The van der Waals surface area contributed by atoms with E-state index >= 15 is 0 Å². The highest BCUT2D eigenvalue weighted by Crippen LogP contribution is 2.40. The van der Waals surface area contributed by atoms with Crippen LogP contribution in [-0.2, 0) is 4.79 Å². The van der Waals surface area contributed by atoms with Gasteiger partial charge in [0.15, 0.2) is 0 Å². The summed E-state index contributed by atoms with van der Waals surface area (Å²) in [6.07, 6.45) is 1.38. The van der Waals surface area contributed by atoms with Gasteiger partial charge >= 0.3 is 5.97 Å². The predicted octanol–water partition coefficient (Wildman–Crippen LogP) is 4.80. The predicted molar refractivity (Wildman–Crippen MR) is 103 cm³/mol. The molecule has 0 bridgehead atoms. The minimum atomic E-state index is -0.676. The lowest BCUT2D eigenvalue weighted by Crippen LogP contribution is -2.39. The molecular weight excluding hydrogens is 402 g/mol. The second-order valence-electron chi connectivity index (χ2n) is 6.16. The molecular formula is C19H22BrNO3S. The molecule has 25 heavy (non-hydrogen) atoms. The molecule has 1 aromatic carbocycles. The Morgan fingerprint density at radius 3 is 2.64 bits per heavy atom. The summed E-state index contributed by atoms with van der Waals surface area (Å²) in [5, 5.41) is 9.27. The number of piperidine rings is 1. The number of likely N-dealkylation sites (tertiary alicyclic amines) is 1. The standard InChI is InChI=1S/C19H22BrNO3S/c1-2-24-15-6-4-3-5-14(15)18(16-7-8-17(20)25-16)21-11-9-13(10-12-21)19(22)23/h3-8,13,18H,2,9-12H2,1H3,(H,22,23). The van der Waals surface area contributed by atoms with E-state index in [0.29, 0.717) is 19.4 Å². The van der Waals surface area contributed by atoms with Crippen LogP contribution in [0.2, 0.25) is 0 Å². The van der Waals surface area contributed by atoms with Crippen LogP contribution in [0.3, 0.4) is 0 Å². The Kier molecular flexibility index (Phi) is 6.15. The normalized spacial score (nSPS) is 17.4. The lowest BCUT2D eigenvalue weighted by molar-refractivity contribution is -0.143. The Morgan fingerprint density at radius 2 is 2.04 bits per heavy atom. The van der Waals surface area contributed by atoms with Crippen molar-refractivity contribution in [1.82, 2.24) is 4.90 Å². The van der Waals surface area contributed by atoms with Gasteiger partial charge in [-0.25, -0.2) is 0 Å². The fourth-order valence-electron chi connectivity index (χ4n) is 3.40. The largest absolute Gasteiger partial charge is 0.494 e. The molecule has 0 aliphatic carbocycles. The van der Waals surface area contributed by atoms with Crippen molar-refractivity contribution in [3.8, 4) is 5.75 Å². The molecule has 1 N–H and O–H groups in total. The summed E-state index contributed by atoms with van der Waals surface area (Å²) in [6.45, 7) is 4.17. The SMILES string of the molecule is CCOc1ccccc1C(c1ccc(Br)s1)N1CCC(C(=O)O)CC1. The first-order valence-corrected chi connectivity index (χ1v) is 10.1. The van der Waals surface area contributed by atoms with Gasteiger partial charge < -0.3 is 9.84 Å². The number of thiophene rings is 1. The van der Waals surface area contributed by atoms with Gasteiger partial charge in [-0.3, -0.25) is 9.69 Å². The van der Waals surface area contributed by atoms with Crippen molar-refractivity contribution in [2.45, 2.75) is 25.8 Å². The quantitative estimate of drug-likeness (QED) is 0.724. The summed E-state index contributed by atoms with van der Waals surface area (Å²) in [4.78, 5) is 14.9. The van der Waals surface area contributed by atoms with Crippen molar-refractivity contribution in [2.75, 3.05) is 19.7 Å². The molecule has 6 heteroatoms. The van der Waals surface area contributed by atoms with Crippen molar-refractivity contribution in [2.24, 2.45) is 5.92 Å². The number of halogens is 1. The third-order valence-electron chi connectivity index (χ3n) is 4.62. The van der Waals surface area contributed by atoms with Crippen molar-refractivity contribution in [1.29, 1.82) is 0 Å². The molecule has 1 unspecified atom stereocenters. The average molecular weight is 424 g/mol. The number of hydrogen-bond acceptors (Lipinski definition) is 4. The number of carboxylic acids is 1.